The van der Waals surface area contributed by atoms with Gasteiger partial charge in [-0.1, -0.05) is 36.4 Å². The number of amides is 3. The summed E-state index contributed by atoms with van der Waals surface area (Å²) >= 11 is 0. The van der Waals surface area contributed by atoms with Gasteiger partial charge in [0.05, 0.1) is 17.7 Å². The first kappa shape index (κ1) is 26.7. The second kappa shape index (κ2) is 9.29. The van der Waals surface area contributed by atoms with Crippen LogP contribution in [0.2, 0.25) is 0 Å². The number of hydrogen-bond acceptors (Lipinski definition) is 4. The summed E-state index contributed by atoms with van der Waals surface area (Å²) in [5.74, 6) is -4.39. The van der Waals surface area contributed by atoms with Crippen LogP contribution < -0.4 is 5.32 Å². The van der Waals surface area contributed by atoms with Gasteiger partial charge in [-0.05, 0) is 39.3 Å². The molecule has 4 heterocycles. The number of piperidine rings is 1. The highest BCUT2D eigenvalue weighted by Crippen LogP contribution is 2.43. The van der Waals surface area contributed by atoms with Crippen molar-refractivity contribution in [3.63, 3.8) is 0 Å². The highest BCUT2D eigenvalue weighted by Gasteiger charge is 2.48. The molecule has 212 valence electrons. The first-order valence-electron chi connectivity index (χ1n) is 13.5. The lowest BCUT2D eigenvalue weighted by atomic mass is 9.95. The SMILES string of the molecule is Cn1cc(C2=C(c3cn(C4CCN(C(=O)OC(C)(C)C)CC4(F)F)c4ccccc34)C(=O)NC2=O)c2ccccc21. The van der Waals surface area contributed by atoms with Crippen LogP contribution >= 0.6 is 0 Å². The fourth-order valence-electron chi connectivity index (χ4n) is 5.92. The Morgan fingerprint density at radius 2 is 1.49 bits per heavy atom. The van der Waals surface area contributed by atoms with Gasteiger partial charge in [0.25, 0.3) is 17.7 Å². The topological polar surface area (TPSA) is 85.6 Å². The molecule has 41 heavy (non-hydrogen) atoms. The molecule has 0 spiro atoms. The van der Waals surface area contributed by atoms with Gasteiger partial charge in [0.15, 0.2) is 0 Å². The number of alkyl halides is 2. The lowest BCUT2D eigenvalue weighted by molar-refractivity contribution is -0.122. The van der Waals surface area contributed by atoms with Crippen LogP contribution in [0, 0.1) is 0 Å². The summed E-state index contributed by atoms with van der Waals surface area (Å²) in [7, 11) is 1.86. The van der Waals surface area contributed by atoms with Crippen LogP contribution in [0.5, 0.6) is 0 Å². The maximum Gasteiger partial charge on any atom is 0.410 e. The summed E-state index contributed by atoms with van der Waals surface area (Å²) in [5, 5.41) is 3.80. The largest absolute Gasteiger partial charge is 0.444 e. The van der Waals surface area contributed by atoms with Crippen molar-refractivity contribution in [1.29, 1.82) is 0 Å². The van der Waals surface area contributed by atoms with E-state index in [1.807, 2.05) is 35.9 Å². The standard InChI is InChI=1S/C31H30F2N4O4/c1-30(2,3)41-29(40)36-14-13-24(31(32,33)17-36)37-16-21(19-10-6-8-12-23(19)37)26-25(27(38)34-28(26)39)20-15-35(4)22-11-7-5-9-18(20)22/h5-12,15-16,24H,13-14,17H2,1-4H3,(H,34,38,39). The minimum atomic E-state index is -3.28. The summed E-state index contributed by atoms with van der Waals surface area (Å²) < 4.78 is 40.2. The minimum Gasteiger partial charge on any atom is -0.444 e. The molecule has 1 unspecified atom stereocenters. The Kier molecular flexibility index (Phi) is 6.06. The molecular weight excluding hydrogens is 530 g/mol. The van der Waals surface area contributed by atoms with Gasteiger partial charge < -0.3 is 18.8 Å². The predicted octanol–water partition coefficient (Wildman–Crippen LogP) is 5.52. The summed E-state index contributed by atoms with van der Waals surface area (Å²) in [6.45, 7) is 4.36. The summed E-state index contributed by atoms with van der Waals surface area (Å²) in [5.41, 5.74) is 1.95. The quantitative estimate of drug-likeness (QED) is 0.335. The Hall–Kier alpha value is -4.47. The molecular formula is C31H30F2N4O4. The van der Waals surface area contributed by atoms with E-state index in [1.54, 1.807) is 57.4 Å². The van der Waals surface area contributed by atoms with Crippen LogP contribution in [0.15, 0.2) is 60.9 Å². The zero-order chi connectivity index (χ0) is 29.3. The van der Waals surface area contributed by atoms with Gasteiger partial charge in [-0.25, -0.2) is 13.6 Å². The number of carbonyl (C=O) groups excluding carboxylic acids is 3. The number of nitrogens with one attached hydrogen (secondary N) is 1. The van der Waals surface area contributed by atoms with Crippen LogP contribution in [-0.4, -0.2) is 56.6 Å². The van der Waals surface area contributed by atoms with E-state index >= 15 is 8.78 Å². The van der Waals surface area contributed by atoms with E-state index in [-0.39, 0.29) is 24.1 Å². The number of benzene rings is 2. The van der Waals surface area contributed by atoms with Crippen molar-refractivity contribution in [1.82, 2.24) is 19.4 Å². The van der Waals surface area contributed by atoms with Gasteiger partial charge in [-0.15, -0.1) is 0 Å². The van der Waals surface area contributed by atoms with Gasteiger partial charge in [-0.2, -0.15) is 0 Å². The first-order valence-corrected chi connectivity index (χ1v) is 13.5. The zero-order valence-corrected chi connectivity index (χ0v) is 23.2. The van der Waals surface area contributed by atoms with Crippen molar-refractivity contribution < 1.29 is 27.9 Å². The molecule has 1 fully saturated rings. The molecule has 2 aliphatic heterocycles. The maximum absolute atomic E-state index is 15.8. The first-order chi connectivity index (χ1) is 19.4. The highest BCUT2D eigenvalue weighted by atomic mass is 19.3. The van der Waals surface area contributed by atoms with E-state index in [4.69, 9.17) is 4.74 Å². The summed E-state index contributed by atoms with van der Waals surface area (Å²) in [6.07, 6.45) is 2.55. The number of para-hydroxylation sites is 2. The fourth-order valence-corrected chi connectivity index (χ4v) is 5.92. The zero-order valence-electron chi connectivity index (χ0n) is 23.2. The number of imide groups is 1. The predicted molar refractivity (Wildman–Crippen MR) is 151 cm³/mol. The monoisotopic (exact) mass is 560 g/mol. The highest BCUT2D eigenvalue weighted by molar-refractivity contribution is 6.50. The smallest absolute Gasteiger partial charge is 0.410 e. The molecule has 1 atom stereocenters. The van der Waals surface area contributed by atoms with Crippen molar-refractivity contribution in [3.05, 3.63) is 72.1 Å². The number of rotatable bonds is 3. The normalized spacial score (nSPS) is 19.4. The molecule has 4 aromatic rings. The summed E-state index contributed by atoms with van der Waals surface area (Å²) in [6, 6.07) is 13.3. The Balaban J connectivity index is 1.47. The molecule has 2 aliphatic rings. The molecule has 8 nitrogen and oxygen atoms in total. The number of fused-ring (bicyclic) bond motifs is 2. The van der Waals surface area contributed by atoms with Crippen LogP contribution in [0.4, 0.5) is 13.6 Å². The van der Waals surface area contributed by atoms with E-state index in [1.165, 1.54) is 4.57 Å². The molecule has 10 heteroatoms. The van der Waals surface area contributed by atoms with E-state index in [9.17, 15) is 14.4 Å². The average Bonchev–Trinajstić information content (AvgIpc) is 3.53. The van der Waals surface area contributed by atoms with Gasteiger partial charge in [0.2, 0.25) is 0 Å². The molecule has 0 radical (unpaired) electrons. The lowest BCUT2D eigenvalue weighted by Gasteiger charge is -2.39. The third-order valence-corrected chi connectivity index (χ3v) is 7.66. The van der Waals surface area contributed by atoms with Crippen LogP contribution in [-0.2, 0) is 21.4 Å². The molecule has 2 aromatic carbocycles. The minimum absolute atomic E-state index is 0.0231. The molecule has 1 saturated heterocycles. The van der Waals surface area contributed by atoms with Gasteiger partial charge in [-0.3, -0.25) is 14.9 Å². The second-order valence-corrected chi connectivity index (χ2v) is 11.6. The Bertz CT molecular complexity index is 1780. The second-order valence-electron chi connectivity index (χ2n) is 11.6. The number of likely N-dealkylation sites (tertiary alicyclic amines) is 1. The van der Waals surface area contributed by atoms with Gasteiger partial charge in [0.1, 0.15) is 11.6 Å². The third kappa shape index (κ3) is 4.47. The molecule has 2 aromatic heterocycles. The van der Waals surface area contributed by atoms with Crippen LogP contribution in [0.1, 0.15) is 44.4 Å². The van der Waals surface area contributed by atoms with Crippen molar-refractivity contribution >= 4 is 50.9 Å². The molecule has 1 N–H and O–H groups in total. The van der Waals surface area contributed by atoms with Crippen molar-refractivity contribution in [3.8, 4) is 0 Å². The Morgan fingerprint density at radius 3 is 2.10 bits per heavy atom. The number of hydrogen-bond donors (Lipinski definition) is 1. The van der Waals surface area contributed by atoms with Gasteiger partial charge >= 0.3 is 6.09 Å². The van der Waals surface area contributed by atoms with Gasteiger partial charge in [0, 0.05) is 58.9 Å². The van der Waals surface area contributed by atoms with Crippen molar-refractivity contribution in [2.45, 2.75) is 44.8 Å². The molecule has 6 rings (SSSR count). The Labute approximate surface area is 235 Å². The number of halogens is 2. The van der Waals surface area contributed by atoms with Crippen LogP contribution in [0.3, 0.4) is 0 Å². The number of ether oxygens (including phenoxy) is 1. The van der Waals surface area contributed by atoms with Crippen molar-refractivity contribution in [2.75, 3.05) is 13.1 Å². The number of aromatic nitrogens is 2. The van der Waals surface area contributed by atoms with E-state index in [0.717, 1.165) is 15.8 Å². The molecule has 0 saturated carbocycles. The number of aryl methyl sites for hydroxylation is 1. The van der Waals surface area contributed by atoms with E-state index in [0.29, 0.717) is 22.0 Å². The number of nitrogens with zero attached hydrogens (tertiary/aromatic N) is 3. The number of carbonyl (C=O) groups is 3. The van der Waals surface area contributed by atoms with E-state index in [2.05, 4.69) is 5.32 Å². The van der Waals surface area contributed by atoms with E-state index < -0.39 is 42.0 Å². The Morgan fingerprint density at radius 1 is 0.927 bits per heavy atom. The molecule has 3 amide bonds. The molecule has 0 aliphatic carbocycles. The van der Waals surface area contributed by atoms with Crippen LogP contribution in [0.25, 0.3) is 33.0 Å². The summed E-state index contributed by atoms with van der Waals surface area (Å²) in [4.78, 5) is 40.1. The van der Waals surface area contributed by atoms with Crippen molar-refractivity contribution in [2.24, 2.45) is 7.05 Å². The third-order valence-electron chi connectivity index (χ3n) is 7.66. The molecule has 0 bridgehead atoms. The lowest BCUT2D eigenvalue weighted by Crippen LogP contribution is -2.52. The maximum atomic E-state index is 15.8. The average molecular weight is 561 g/mol. The fraction of sp³-hybridized carbons (Fsp3) is 0.323.